The highest BCUT2D eigenvalue weighted by molar-refractivity contribution is 5.68. The minimum atomic E-state index is -0.989. The molecule has 0 aliphatic carbocycles. The Balaban J connectivity index is 1.98. The Labute approximate surface area is 172 Å². The quantitative estimate of drug-likeness (QED) is 0.825. The summed E-state index contributed by atoms with van der Waals surface area (Å²) < 4.78 is 2.12. The van der Waals surface area contributed by atoms with Crippen LogP contribution in [0.3, 0.4) is 0 Å². The van der Waals surface area contributed by atoms with E-state index in [1.54, 1.807) is 0 Å². The number of aryl methyl sites for hydroxylation is 3. The fourth-order valence-electron chi connectivity index (χ4n) is 4.43. The van der Waals surface area contributed by atoms with E-state index in [4.69, 9.17) is 4.98 Å². The van der Waals surface area contributed by atoms with E-state index in [9.17, 15) is 15.0 Å². The summed E-state index contributed by atoms with van der Waals surface area (Å²) in [6.07, 6.45) is 0.877. The van der Waals surface area contributed by atoms with E-state index in [2.05, 4.69) is 48.4 Å². The average Bonchev–Trinajstić information content (AvgIpc) is 2.98. The van der Waals surface area contributed by atoms with Crippen LogP contribution in [0.5, 0.6) is 0 Å². The third-order valence-corrected chi connectivity index (χ3v) is 6.36. The first-order valence-corrected chi connectivity index (χ1v) is 10.00. The number of anilines is 1. The van der Waals surface area contributed by atoms with Crippen molar-refractivity contribution in [1.82, 2.24) is 14.5 Å². The summed E-state index contributed by atoms with van der Waals surface area (Å²) in [6, 6.07) is 6.21. The Morgan fingerprint density at radius 3 is 2.28 bits per heavy atom. The Morgan fingerprint density at radius 2 is 1.79 bits per heavy atom. The molecule has 2 aromatic heterocycles. The van der Waals surface area contributed by atoms with Crippen LogP contribution >= 0.6 is 0 Å². The van der Waals surface area contributed by atoms with Crippen molar-refractivity contribution in [3.05, 3.63) is 41.3 Å². The van der Waals surface area contributed by atoms with E-state index >= 15 is 0 Å². The molecule has 3 heterocycles. The summed E-state index contributed by atoms with van der Waals surface area (Å²) in [5.41, 5.74) is 2.98. The molecule has 1 atom stereocenters. The van der Waals surface area contributed by atoms with Crippen LogP contribution in [0, 0.1) is 26.2 Å². The SMILES string of the molecule is Cc1cc(-n2c(C)ccc2C)ncc1N1CCN(C(=O)O)C(CO)(C(C)(C)C)C1. The van der Waals surface area contributed by atoms with Gasteiger partial charge in [-0.25, -0.2) is 9.78 Å². The molecule has 7 heteroatoms. The van der Waals surface area contributed by atoms with Gasteiger partial charge >= 0.3 is 6.09 Å². The summed E-state index contributed by atoms with van der Waals surface area (Å²) >= 11 is 0. The molecule has 0 aromatic carbocycles. The van der Waals surface area contributed by atoms with Crippen molar-refractivity contribution in [3.8, 4) is 5.82 Å². The number of hydrogen-bond acceptors (Lipinski definition) is 4. The topological polar surface area (TPSA) is 81.8 Å². The molecular formula is C22H32N4O3. The number of amides is 1. The fourth-order valence-corrected chi connectivity index (χ4v) is 4.43. The number of hydrogen-bond donors (Lipinski definition) is 2. The third kappa shape index (κ3) is 3.48. The largest absolute Gasteiger partial charge is 0.465 e. The molecule has 1 aliphatic heterocycles. The molecule has 3 rings (SSSR count). The fraction of sp³-hybridized carbons (Fsp3) is 0.545. The summed E-state index contributed by atoms with van der Waals surface area (Å²) in [5, 5.41) is 20.1. The van der Waals surface area contributed by atoms with Crippen molar-refractivity contribution in [2.45, 2.75) is 47.1 Å². The number of aromatic nitrogens is 2. The lowest BCUT2D eigenvalue weighted by atomic mass is 9.71. The van der Waals surface area contributed by atoms with E-state index in [1.807, 2.05) is 27.0 Å². The second-order valence-corrected chi connectivity index (χ2v) is 9.08. The minimum absolute atomic E-state index is 0.231. The number of aliphatic hydroxyl groups is 1. The van der Waals surface area contributed by atoms with Crippen LogP contribution in [-0.4, -0.2) is 62.5 Å². The summed E-state index contributed by atoms with van der Waals surface area (Å²) in [5.74, 6) is 0.875. The van der Waals surface area contributed by atoms with Gasteiger partial charge < -0.3 is 19.7 Å². The van der Waals surface area contributed by atoms with E-state index < -0.39 is 17.0 Å². The van der Waals surface area contributed by atoms with Crippen LogP contribution in [0.4, 0.5) is 10.5 Å². The van der Waals surface area contributed by atoms with Gasteiger partial charge in [-0.2, -0.15) is 0 Å². The highest BCUT2D eigenvalue weighted by Gasteiger charge is 2.52. The molecule has 2 aromatic rings. The zero-order chi connectivity index (χ0) is 21.6. The van der Waals surface area contributed by atoms with Gasteiger partial charge in [-0.1, -0.05) is 20.8 Å². The predicted octanol–water partition coefficient (Wildman–Crippen LogP) is 3.37. The molecule has 1 aliphatic rings. The molecule has 7 nitrogen and oxygen atoms in total. The molecule has 2 N–H and O–H groups in total. The first kappa shape index (κ1) is 21.2. The number of carboxylic acid groups (broad SMARTS) is 1. The second kappa shape index (κ2) is 7.37. The van der Waals surface area contributed by atoms with Gasteiger partial charge in [-0.3, -0.25) is 4.90 Å². The van der Waals surface area contributed by atoms with Crippen LogP contribution in [0.25, 0.3) is 5.82 Å². The zero-order valence-electron chi connectivity index (χ0n) is 18.2. The van der Waals surface area contributed by atoms with E-state index in [0.717, 1.165) is 28.5 Å². The molecule has 0 bridgehead atoms. The van der Waals surface area contributed by atoms with E-state index in [-0.39, 0.29) is 6.61 Å². The van der Waals surface area contributed by atoms with Crippen LogP contribution < -0.4 is 4.90 Å². The van der Waals surface area contributed by atoms with Gasteiger partial charge in [0.25, 0.3) is 0 Å². The summed E-state index contributed by atoms with van der Waals surface area (Å²) in [7, 11) is 0. The minimum Gasteiger partial charge on any atom is -0.465 e. The van der Waals surface area contributed by atoms with Crippen molar-refractivity contribution < 1.29 is 15.0 Å². The van der Waals surface area contributed by atoms with Gasteiger partial charge in [0.15, 0.2) is 0 Å². The molecule has 0 spiro atoms. The maximum Gasteiger partial charge on any atom is 0.407 e. The van der Waals surface area contributed by atoms with Crippen LogP contribution in [0.2, 0.25) is 0 Å². The smallest absolute Gasteiger partial charge is 0.407 e. The van der Waals surface area contributed by atoms with Gasteiger partial charge in [0.05, 0.1) is 24.0 Å². The number of piperazine rings is 1. The lowest BCUT2D eigenvalue weighted by Crippen LogP contribution is -2.71. The molecule has 158 valence electrons. The van der Waals surface area contributed by atoms with Crippen LogP contribution in [-0.2, 0) is 0 Å². The van der Waals surface area contributed by atoms with Crippen molar-refractivity contribution >= 4 is 11.8 Å². The molecular weight excluding hydrogens is 368 g/mol. The monoisotopic (exact) mass is 400 g/mol. The Kier molecular flexibility index (Phi) is 5.38. The third-order valence-electron chi connectivity index (χ3n) is 6.36. The molecule has 1 fully saturated rings. The normalized spacial score (nSPS) is 20.2. The van der Waals surface area contributed by atoms with Gasteiger partial charge in [0.2, 0.25) is 0 Å². The Hall–Kier alpha value is -2.54. The zero-order valence-corrected chi connectivity index (χ0v) is 18.2. The molecule has 1 amide bonds. The maximum atomic E-state index is 11.9. The second-order valence-electron chi connectivity index (χ2n) is 9.08. The van der Waals surface area contributed by atoms with E-state index in [1.165, 1.54) is 4.90 Å². The van der Waals surface area contributed by atoms with Crippen LogP contribution in [0.1, 0.15) is 37.7 Å². The maximum absolute atomic E-state index is 11.9. The molecule has 1 unspecified atom stereocenters. The standard InChI is InChI=1S/C22H32N4O3/c1-15-11-19(26-16(2)7-8-17(26)3)23-12-18(15)24-9-10-25(20(28)29)22(13-24,14-27)21(4,5)6/h7-8,11-12,27H,9-10,13-14H2,1-6H3,(H,28,29). The molecule has 0 saturated carbocycles. The number of aliphatic hydroxyl groups excluding tert-OH is 1. The van der Waals surface area contributed by atoms with Crippen molar-refractivity contribution in [2.24, 2.45) is 5.41 Å². The highest BCUT2D eigenvalue weighted by Crippen LogP contribution is 2.40. The van der Waals surface area contributed by atoms with E-state index in [0.29, 0.717) is 19.6 Å². The Morgan fingerprint density at radius 1 is 1.17 bits per heavy atom. The first-order chi connectivity index (χ1) is 13.5. The lowest BCUT2D eigenvalue weighted by molar-refractivity contribution is -0.0417. The lowest BCUT2D eigenvalue weighted by Gasteiger charge is -2.55. The van der Waals surface area contributed by atoms with Gasteiger partial charge in [0.1, 0.15) is 5.82 Å². The van der Waals surface area contributed by atoms with Gasteiger partial charge in [-0.15, -0.1) is 0 Å². The van der Waals surface area contributed by atoms with Gasteiger partial charge in [-0.05, 0) is 49.9 Å². The number of rotatable bonds is 3. The molecule has 0 radical (unpaired) electrons. The highest BCUT2D eigenvalue weighted by atomic mass is 16.4. The first-order valence-electron chi connectivity index (χ1n) is 10.00. The van der Waals surface area contributed by atoms with Crippen LogP contribution in [0.15, 0.2) is 24.4 Å². The van der Waals surface area contributed by atoms with Crippen molar-refractivity contribution in [2.75, 3.05) is 31.1 Å². The summed E-state index contributed by atoms with van der Waals surface area (Å²) in [6.45, 7) is 13.2. The Bertz CT molecular complexity index is 896. The average molecular weight is 401 g/mol. The number of nitrogens with zero attached hydrogens (tertiary/aromatic N) is 4. The molecule has 1 saturated heterocycles. The number of carbonyl (C=O) groups is 1. The predicted molar refractivity (Wildman–Crippen MR) is 114 cm³/mol. The summed E-state index contributed by atoms with van der Waals surface area (Å²) in [4.78, 5) is 20.2. The number of pyridine rings is 1. The van der Waals surface area contributed by atoms with Gasteiger partial charge in [0, 0.05) is 31.0 Å². The molecule has 29 heavy (non-hydrogen) atoms. The van der Waals surface area contributed by atoms with Crippen molar-refractivity contribution in [3.63, 3.8) is 0 Å². The van der Waals surface area contributed by atoms with Crippen molar-refractivity contribution in [1.29, 1.82) is 0 Å².